The van der Waals surface area contributed by atoms with Crippen LogP contribution in [0.15, 0.2) is 18.2 Å². The van der Waals surface area contributed by atoms with Gasteiger partial charge in [0.25, 0.3) is 0 Å². The molecule has 4 nitrogen and oxygen atoms in total. The molecule has 0 atom stereocenters. The maximum Gasteiger partial charge on any atom is 0.223 e. The molecule has 134 valence electrons. The van der Waals surface area contributed by atoms with E-state index in [2.05, 4.69) is 10.2 Å². The number of carbonyl (C=O) groups excluding carboxylic acids is 1. The quantitative estimate of drug-likeness (QED) is 0.849. The van der Waals surface area contributed by atoms with Crippen LogP contribution in [0, 0.1) is 5.92 Å². The largest absolute Gasteiger partial charge is 0.353 e. The zero-order valence-electron chi connectivity index (χ0n) is 14.3. The molecule has 0 bridgehead atoms. The predicted octanol–water partition coefficient (Wildman–Crippen LogP) is 4.62. The van der Waals surface area contributed by atoms with Crippen LogP contribution >= 0.6 is 22.9 Å². The van der Waals surface area contributed by atoms with E-state index in [-0.39, 0.29) is 11.8 Å². The van der Waals surface area contributed by atoms with Crippen molar-refractivity contribution in [1.29, 1.82) is 0 Å². The molecular formula is C19H24ClN3OS. The van der Waals surface area contributed by atoms with Crippen molar-refractivity contribution in [2.75, 3.05) is 18.0 Å². The molecule has 1 aliphatic carbocycles. The summed E-state index contributed by atoms with van der Waals surface area (Å²) >= 11 is 7.76. The molecule has 1 aliphatic heterocycles. The minimum absolute atomic E-state index is 0.155. The van der Waals surface area contributed by atoms with Crippen LogP contribution in [-0.2, 0) is 4.79 Å². The number of piperidine rings is 1. The lowest BCUT2D eigenvalue weighted by Gasteiger charge is -2.32. The third-order valence-corrected chi connectivity index (χ3v) is 6.76. The summed E-state index contributed by atoms with van der Waals surface area (Å²) in [5.74, 6) is 0.421. The SMILES string of the molecule is O=C(NC1CCCCC1)C1CCN(c2nc3cc(Cl)ccc3s2)CC1. The highest BCUT2D eigenvalue weighted by Gasteiger charge is 2.28. The lowest BCUT2D eigenvalue weighted by molar-refractivity contribution is -0.126. The molecule has 2 heterocycles. The maximum absolute atomic E-state index is 12.5. The number of halogens is 1. The van der Waals surface area contributed by atoms with Gasteiger partial charge in [0, 0.05) is 30.1 Å². The standard InChI is InChI=1S/C19H24ClN3OS/c20-14-6-7-17-16(12-14)22-19(25-17)23-10-8-13(9-11-23)18(24)21-15-4-2-1-3-5-15/h6-7,12-13,15H,1-5,8-11H2,(H,21,24). The van der Waals surface area contributed by atoms with Gasteiger partial charge < -0.3 is 10.2 Å². The predicted molar refractivity (Wildman–Crippen MR) is 105 cm³/mol. The molecule has 0 radical (unpaired) electrons. The van der Waals surface area contributed by atoms with Crippen molar-refractivity contribution in [2.45, 2.75) is 51.0 Å². The van der Waals surface area contributed by atoms with Crippen LogP contribution in [0.25, 0.3) is 10.2 Å². The minimum atomic E-state index is 0.155. The lowest BCUT2D eigenvalue weighted by Crippen LogP contribution is -2.44. The second-order valence-corrected chi connectivity index (χ2v) is 8.66. The van der Waals surface area contributed by atoms with Gasteiger partial charge in [-0.25, -0.2) is 4.98 Å². The van der Waals surface area contributed by atoms with E-state index < -0.39 is 0 Å². The van der Waals surface area contributed by atoms with Crippen LogP contribution in [0.1, 0.15) is 44.9 Å². The van der Waals surface area contributed by atoms with Gasteiger partial charge in [-0.1, -0.05) is 42.2 Å². The molecule has 1 saturated heterocycles. The van der Waals surface area contributed by atoms with Crippen LogP contribution in [-0.4, -0.2) is 30.0 Å². The topological polar surface area (TPSA) is 45.2 Å². The first-order valence-corrected chi connectivity index (χ1v) is 10.5. The van der Waals surface area contributed by atoms with Gasteiger partial charge in [0.05, 0.1) is 10.2 Å². The maximum atomic E-state index is 12.5. The summed E-state index contributed by atoms with van der Waals surface area (Å²) in [7, 11) is 0. The first kappa shape index (κ1) is 17.1. The number of benzene rings is 1. The molecule has 2 fully saturated rings. The van der Waals surface area contributed by atoms with E-state index in [0.29, 0.717) is 6.04 Å². The van der Waals surface area contributed by atoms with Gasteiger partial charge >= 0.3 is 0 Å². The Bertz CT molecular complexity index is 748. The lowest BCUT2D eigenvalue weighted by atomic mass is 9.92. The molecule has 1 aromatic heterocycles. The number of hydrogen-bond acceptors (Lipinski definition) is 4. The average Bonchev–Trinajstić information content (AvgIpc) is 3.06. The highest BCUT2D eigenvalue weighted by atomic mass is 35.5. The zero-order valence-corrected chi connectivity index (χ0v) is 15.9. The summed E-state index contributed by atoms with van der Waals surface area (Å²) in [6.07, 6.45) is 7.95. The van der Waals surface area contributed by atoms with Gasteiger partial charge in [-0.05, 0) is 43.9 Å². The van der Waals surface area contributed by atoms with Crippen molar-refractivity contribution in [2.24, 2.45) is 5.92 Å². The first-order valence-electron chi connectivity index (χ1n) is 9.30. The molecule has 4 rings (SSSR count). The number of anilines is 1. The van der Waals surface area contributed by atoms with Gasteiger partial charge in [0.15, 0.2) is 5.13 Å². The number of fused-ring (bicyclic) bond motifs is 1. The molecule has 2 aliphatic rings. The van der Waals surface area contributed by atoms with Crippen LogP contribution < -0.4 is 10.2 Å². The third-order valence-electron chi connectivity index (χ3n) is 5.43. The van der Waals surface area contributed by atoms with Gasteiger partial charge in [-0.3, -0.25) is 4.79 Å². The Labute approximate surface area is 157 Å². The zero-order chi connectivity index (χ0) is 17.2. The molecule has 2 aromatic rings. The number of rotatable bonds is 3. The summed E-state index contributed by atoms with van der Waals surface area (Å²) in [4.78, 5) is 19.6. The van der Waals surface area contributed by atoms with Crippen LogP contribution in [0.4, 0.5) is 5.13 Å². The smallest absolute Gasteiger partial charge is 0.223 e. The first-order chi connectivity index (χ1) is 12.2. The van der Waals surface area contributed by atoms with Gasteiger partial charge in [0.1, 0.15) is 0 Å². The number of carbonyl (C=O) groups is 1. The van der Waals surface area contributed by atoms with E-state index in [1.54, 1.807) is 11.3 Å². The Balaban J connectivity index is 1.34. The van der Waals surface area contributed by atoms with E-state index in [1.807, 2.05) is 18.2 Å². The summed E-state index contributed by atoms with van der Waals surface area (Å²) < 4.78 is 1.16. The van der Waals surface area contributed by atoms with E-state index in [1.165, 1.54) is 19.3 Å². The number of nitrogens with zero attached hydrogens (tertiary/aromatic N) is 2. The van der Waals surface area contributed by atoms with Crippen LogP contribution in [0.2, 0.25) is 5.02 Å². The number of amides is 1. The second-order valence-electron chi connectivity index (χ2n) is 7.21. The van der Waals surface area contributed by atoms with E-state index in [9.17, 15) is 4.79 Å². The molecule has 0 unspecified atom stereocenters. The van der Waals surface area contributed by atoms with Crippen LogP contribution in [0.5, 0.6) is 0 Å². The second kappa shape index (κ2) is 7.50. The van der Waals surface area contributed by atoms with Crippen molar-refractivity contribution in [1.82, 2.24) is 10.3 Å². The Morgan fingerprint density at radius 1 is 1.16 bits per heavy atom. The molecule has 1 aromatic carbocycles. The summed E-state index contributed by atoms with van der Waals surface area (Å²) in [6.45, 7) is 1.80. The highest BCUT2D eigenvalue weighted by molar-refractivity contribution is 7.22. The van der Waals surface area contributed by atoms with E-state index >= 15 is 0 Å². The fourth-order valence-corrected chi connectivity index (χ4v) is 5.09. The van der Waals surface area contributed by atoms with Crippen molar-refractivity contribution in [3.63, 3.8) is 0 Å². The normalized spacial score (nSPS) is 20.1. The minimum Gasteiger partial charge on any atom is -0.353 e. The molecule has 1 saturated carbocycles. The molecule has 1 N–H and O–H groups in total. The van der Waals surface area contributed by atoms with Crippen molar-refractivity contribution >= 4 is 44.2 Å². The van der Waals surface area contributed by atoms with Gasteiger partial charge in [-0.15, -0.1) is 0 Å². The monoisotopic (exact) mass is 377 g/mol. The molecule has 25 heavy (non-hydrogen) atoms. The molecular weight excluding hydrogens is 354 g/mol. The number of nitrogens with one attached hydrogen (secondary N) is 1. The van der Waals surface area contributed by atoms with Gasteiger partial charge in [0.2, 0.25) is 5.91 Å². The fraction of sp³-hybridized carbons (Fsp3) is 0.579. The van der Waals surface area contributed by atoms with E-state index in [4.69, 9.17) is 16.6 Å². The Morgan fingerprint density at radius 3 is 2.68 bits per heavy atom. The molecule has 1 amide bonds. The van der Waals surface area contributed by atoms with Gasteiger partial charge in [-0.2, -0.15) is 0 Å². The Kier molecular flexibility index (Phi) is 5.13. The summed E-state index contributed by atoms with van der Waals surface area (Å²) in [5, 5.41) is 5.06. The van der Waals surface area contributed by atoms with Crippen molar-refractivity contribution in [3.8, 4) is 0 Å². The fourth-order valence-electron chi connectivity index (χ4n) is 3.92. The Morgan fingerprint density at radius 2 is 1.92 bits per heavy atom. The number of hydrogen-bond donors (Lipinski definition) is 1. The van der Waals surface area contributed by atoms with E-state index in [0.717, 1.165) is 59.1 Å². The van der Waals surface area contributed by atoms with Crippen molar-refractivity contribution < 1.29 is 4.79 Å². The van der Waals surface area contributed by atoms with Crippen molar-refractivity contribution in [3.05, 3.63) is 23.2 Å². The van der Waals surface area contributed by atoms with Crippen LogP contribution in [0.3, 0.4) is 0 Å². The third kappa shape index (κ3) is 3.93. The average molecular weight is 378 g/mol. The highest BCUT2D eigenvalue weighted by Crippen LogP contribution is 2.32. The summed E-state index contributed by atoms with van der Waals surface area (Å²) in [6, 6.07) is 6.27. The molecule has 6 heteroatoms. The molecule has 0 spiro atoms. The summed E-state index contributed by atoms with van der Waals surface area (Å²) in [5.41, 5.74) is 0.963. The number of aromatic nitrogens is 1. The number of thiazole rings is 1. The Hall–Kier alpha value is -1.33.